The second-order valence-electron chi connectivity index (χ2n) is 6.07. The summed E-state index contributed by atoms with van der Waals surface area (Å²) in [6, 6.07) is 8.48. The number of aryl methyl sites for hydroxylation is 3. The summed E-state index contributed by atoms with van der Waals surface area (Å²) >= 11 is 0. The van der Waals surface area contributed by atoms with Crippen molar-refractivity contribution in [2.45, 2.75) is 47.6 Å². The van der Waals surface area contributed by atoms with E-state index in [1.165, 1.54) is 11.1 Å². The Morgan fingerprint density at radius 3 is 2.32 bits per heavy atom. The lowest BCUT2D eigenvalue weighted by molar-refractivity contribution is 0.795. The number of hydrogen-bond acceptors (Lipinski definition) is 3. The fourth-order valence-corrected chi connectivity index (χ4v) is 2.99. The second-order valence-corrected chi connectivity index (χ2v) is 6.07. The van der Waals surface area contributed by atoms with Crippen LogP contribution in [0, 0.1) is 6.92 Å². The van der Waals surface area contributed by atoms with E-state index in [1.54, 1.807) is 0 Å². The standard InChI is InChI=1S/C19H24N4.C2H6/c1-6-15-14(8-11-18(20-15)22(4)5)16-9-10-17-19(21-16)13(3)12-23(17)7-2;1-2/h8-12H,6-7H2,1-5H3;1-2H3. The molecule has 4 nitrogen and oxygen atoms in total. The molecule has 0 atom stereocenters. The molecule has 3 aromatic heterocycles. The normalized spacial score (nSPS) is 10.5. The molecule has 25 heavy (non-hydrogen) atoms. The van der Waals surface area contributed by atoms with Gasteiger partial charge < -0.3 is 9.47 Å². The quantitative estimate of drug-likeness (QED) is 0.665. The van der Waals surface area contributed by atoms with Crippen molar-refractivity contribution in [2.75, 3.05) is 19.0 Å². The molecule has 3 heterocycles. The van der Waals surface area contributed by atoms with Crippen molar-refractivity contribution in [3.63, 3.8) is 0 Å². The first-order chi connectivity index (χ1) is 12.0. The highest BCUT2D eigenvalue weighted by Gasteiger charge is 2.12. The molecular weight excluding hydrogens is 308 g/mol. The van der Waals surface area contributed by atoms with Crippen molar-refractivity contribution in [3.8, 4) is 11.3 Å². The van der Waals surface area contributed by atoms with Gasteiger partial charge in [-0.05, 0) is 50.1 Å². The molecule has 4 heteroatoms. The van der Waals surface area contributed by atoms with Crippen molar-refractivity contribution in [1.82, 2.24) is 14.5 Å². The van der Waals surface area contributed by atoms with Crippen LogP contribution in [0.25, 0.3) is 22.3 Å². The fraction of sp³-hybridized carbons (Fsp3) is 0.429. The number of aromatic nitrogens is 3. The first kappa shape index (κ1) is 19.0. The van der Waals surface area contributed by atoms with E-state index in [-0.39, 0.29) is 0 Å². The average Bonchev–Trinajstić information content (AvgIpc) is 2.98. The van der Waals surface area contributed by atoms with Crippen LogP contribution in [0.3, 0.4) is 0 Å². The average molecular weight is 338 g/mol. The summed E-state index contributed by atoms with van der Waals surface area (Å²) in [7, 11) is 4.03. The molecule has 0 aliphatic rings. The number of nitrogens with zero attached hydrogens (tertiary/aromatic N) is 4. The molecule has 0 amide bonds. The lowest BCUT2D eigenvalue weighted by atomic mass is 10.1. The van der Waals surface area contributed by atoms with Gasteiger partial charge in [-0.1, -0.05) is 20.8 Å². The van der Waals surface area contributed by atoms with Gasteiger partial charge in [0.2, 0.25) is 0 Å². The third-order valence-electron chi connectivity index (χ3n) is 4.28. The smallest absolute Gasteiger partial charge is 0.128 e. The Hall–Kier alpha value is -2.36. The van der Waals surface area contributed by atoms with Gasteiger partial charge in [-0.15, -0.1) is 0 Å². The maximum atomic E-state index is 4.92. The van der Waals surface area contributed by atoms with Gasteiger partial charge in [0, 0.05) is 32.4 Å². The van der Waals surface area contributed by atoms with Gasteiger partial charge in [0.15, 0.2) is 0 Å². The molecule has 0 aliphatic carbocycles. The minimum atomic E-state index is 0.895. The van der Waals surface area contributed by atoms with Crippen LogP contribution < -0.4 is 4.90 Å². The van der Waals surface area contributed by atoms with E-state index in [9.17, 15) is 0 Å². The number of fused-ring (bicyclic) bond motifs is 1. The van der Waals surface area contributed by atoms with Gasteiger partial charge >= 0.3 is 0 Å². The zero-order chi connectivity index (χ0) is 18.6. The van der Waals surface area contributed by atoms with E-state index >= 15 is 0 Å². The molecule has 0 saturated heterocycles. The van der Waals surface area contributed by atoms with Gasteiger partial charge in [0.1, 0.15) is 5.82 Å². The van der Waals surface area contributed by atoms with E-state index in [4.69, 9.17) is 9.97 Å². The Bertz CT molecular complexity index is 846. The largest absolute Gasteiger partial charge is 0.363 e. The van der Waals surface area contributed by atoms with Crippen molar-refractivity contribution in [1.29, 1.82) is 0 Å². The Balaban J connectivity index is 0.00000109. The summed E-state index contributed by atoms with van der Waals surface area (Å²) in [5.74, 6) is 0.986. The third-order valence-corrected chi connectivity index (χ3v) is 4.28. The maximum Gasteiger partial charge on any atom is 0.128 e. The van der Waals surface area contributed by atoms with Gasteiger partial charge in [-0.2, -0.15) is 0 Å². The molecule has 0 radical (unpaired) electrons. The van der Waals surface area contributed by atoms with Crippen LogP contribution in [0.2, 0.25) is 0 Å². The zero-order valence-corrected chi connectivity index (χ0v) is 16.6. The van der Waals surface area contributed by atoms with Gasteiger partial charge in [0.25, 0.3) is 0 Å². The molecule has 3 aromatic rings. The summed E-state index contributed by atoms with van der Waals surface area (Å²) in [5.41, 5.74) is 6.73. The maximum absolute atomic E-state index is 4.92. The van der Waals surface area contributed by atoms with E-state index in [0.29, 0.717) is 0 Å². The molecule has 0 N–H and O–H groups in total. The molecule has 0 spiro atoms. The van der Waals surface area contributed by atoms with Crippen molar-refractivity contribution < 1.29 is 0 Å². The predicted octanol–water partition coefficient (Wildman–Crippen LogP) is 5.08. The Morgan fingerprint density at radius 2 is 1.72 bits per heavy atom. The monoisotopic (exact) mass is 338 g/mol. The fourth-order valence-electron chi connectivity index (χ4n) is 2.99. The highest BCUT2D eigenvalue weighted by atomic mass is 15.1. The number of rotatable bonds is 4. The van der Waals surface area contributed by atoms with Crippen LogP contribution in [0.1, 0.15) is 39.0 Å². The van der Waals surface area contributed by atoms with Crippen molar-refractivity contribution >= 4 is 16.9 Å². The highest BCUT2D eigenvalue weighted by molar-refractivity contribution is 5.83. The van der Waals surface area contributed by atoms with E-state index in [2.05, 4.69) is 55.8 Å². The van der Waals surface area contributed by atoms with E-state index in [1.807, 2.05) is 32.8 Å². The minimum Gasteiger partial charge on any atom is -0.363 e. The summed E-state index contributed by atoms with van der Waals surface area (Å²) in [6.45, 7) is 11.4. The second kappa shape index (κ2) is 8.15. The van der Waals surface area contributed by atoms with Crippen LogP contribution in [-0.4, -0.2) is 28.6 Å². The van der Waals surface area contributed by atoms with Crippen molar-refractivity contribution in [3.05, 3.63) is 41.7 Å². The van der Waals surface area contributed by atoms with Gasteiger partial charge in [-0.3, -0.25) is 0 Å². The zero-order valence-electron chi connectivity index (χ0n) is 16.6. The number of pyridine rings is 2. The summed E-state index contributed by atoms with van der Waals surface area (Å²) in [5, 5.41) is 0. The Labute approximate surface area is 151 Å². The van der Waals surface area contributed by atoms with Crippen LogP contribution in [0.4, 0.5) is 5.82 Å². The first-order valence-electron chi connectivity index (χ1n) is 9.19. The lowest BCUT2D eigenvalue weighted by Crippen LogP contribution is -2.11. The topological polar surface area (TPSA) is 34.0 Å². The third kappa shape index (κ3) is 3.68. The number of hydrogen-bond donors (Lipinski definition) is 0. The van der Waals surface area contributed by atoms with Crippen LogP contribution in [0.5, 0.6) is 0 Å². The molecule has 0 aliphatic heterocycles. The summed E-state index contributed by atoms with van der Waals surface area (Å²) in [4.78, 5) is 11.7. The van der Waals surface area contributed by atoms with Gasteiger partial charge in [-0.25, -0.2) is 9.97 Å². The van der Waals surface area contributed by atoms with Crippen LogP contribution >= 0.6 is 0 Å². The SMILES string of the molecule is CC.CCc1nc(N(C)C)ccc1-c1ccc2c(n1)c(C)cn2CC. The van der Waals surface area contributed by atoms with Crippen LogP contribution in [-0.2, 0) is 13.0 Å². The molecule has 0 bridgehead atoms. The molecule has 0 aromatic carbocycles. The summed E-state index contributed by atoms with van der Waals surface area (Å²) < 4.78 is 2.25. The van der Waals surface area contributed by atoms with Gasteiger partial charge in [0.05, 0.1) is 22.4 Å². The molecule has 0 unspecified atom stereocenters. The molecule has 0 saturated carbocycles. The molecular formula is C21H30N4. The van der Waals surface area contributed by atoms with Crippen molar-refractivity contribution in [2.24, 2.45) is 0 Å². The number of anilines is 1. The van der Waals surface area contributed by atoms with E-state index in [0.717, 1.165) is 41.3 Å². The molecule has 134 valence electrons. The Kier molecular flexibility index (Phi) is 6.18. The first-order valence-corrected chi connectivity index (χ1v) is 9.19. The predicted molar refractivity (Wildman–Crippen MR) is 108 cm³/mol. The molecule has 0 fully saturated rings. The van der Waals surface area contributed by atoms with Crippen LogP contribution in [0.15, 0.2) is 30.5 Å². The minimum absolute atomic E-state index is 0.895. The molecule has 3 rings (SSSR count). The summed E-state index contributed by atoms with van der Waals surface area (Å²) in [6.07, 6.45) is 3.07. The Morgan fingerprint density at radius 1 is 1.00 bits per heavy atom. The van der Waals surface area contributed by atoms with E-state index < -0.39 is 0 Å². The lowest BCUT2D eigenvalue weighted by Gasteiger charge is -2.15. The highest BCUT2D eigenvalue weighted by Crippen LogP contribution is 2.27.